The third-order valence-electron chi connectivity index (χ3n) is 4.91. The number of rotatable bonds is 7. The van der Waals surface area contributed by atoms with E-state index in [9.17, 15) is 9.90 Å². The molecule has 1 fully saturated rings. The highest BCUT2D eigenvalue weighted by molar-refractivity contribution is 5.76. The molecule has 1 unspecified atom stereocenters. The van der Waals surface area contributed by atoms with E-state index in [0.717, 1.165) is 5.56 Å². The molecule has 26 heavy (non-hydrogen) atoms. The number of aliphatic hydroxyl groups excluding tert-OH is 1. The van der Waals surface area contributed by atoms with Crippen molar-refractivity contribution < 1.29 is 14.6 Å². The third kappa shape index (κ3) is 4.47. The fourth-order valence-corrected chi connectivity index (χ4v) is 3.37. The minimum Gasteiger partial charge on any atom is -0.393 e. The Kier molecular flexibility index (Phi) is 6.00. The zero-order valence-electron chi connectivity index (χ0n) is 15.2. The molecule has 0 aliphatic carbocycles. The standard InChI is InChI=1S/C19H26N4O3/c1-16-5-2-3-6-17(16)11-19(13-24)12-22(9-10-26-19)18(25)7-4-8-23-15-20-14-21-23/h2-3,5-6,14-15,24H,4,7-13H2,1H3. The van der Waals surface area contributed by atoms with E-state index in [4.69, 9.17) is 4.74 Å². The summed E-state index contributed by atoms with van der Waals surface area (Å²) in [5.41, 5.74) is 1.58. The van der Waals surface area contributed by atoms with Crippen LogP contribution in [-0.2, 0) is 22.5 Å². The predicted octanol–water partition coefficient (Wildman–Crippen LogP) is 1.20. The van der Waals surface area contributed by atoms with Crippen LogP contribution in [-0.4, -0.2) is 62.6 Å². The van der Waals surface area contributed by atoms with Gasteiger partial charge in [0.1, 0.15) is 18.3 Å². The first kappa shape index (κ1) is 18.5. The summed E-state index contributed by atoms with van der Waals surface area (Å²) in [5.74, 6) is 0.0935. The van der Waals surface area contributed by atoms with Crippen LogP contribution in [0.25, 0.3) is 0 Å². The van der Waals surface area contributed by atoms with E-state index in [1.165, 1.54) is 11.9 Å². The van der Waals surface area contributed by atoms with Gasteiger partial charge in [-0.05, 0) is 24.5 Å². The molecule has 0 bridgehead atoms. The number of carbonyl (C=O) groups excluding carboxylic acids is 1. The van der Waals surface area contributed by atoms with Gasteiger partial charge < -0.3 is 14.7 Å². The van der Waals surface area contributed by atoms with Crippen molar-refractivity contribution in [3.63, 3.8) is 0 Å². The molecule has 1 aliphatic rings. The summed E-state index contributed by atoms with van der Waals surface area (Å²) in [4.78, 5) is 18.3. The van der Waals surface area contributed by atoms with Gasteiger partial charge in [0.15, 0.2) is 0 Å². The van der Waals surface area contributed by atoms with E-state index in [2.05, 4.69) is 29.1 Å². The summed E-state index contributed by atoms with van der Waals surface area (Å²) >= 11 is 0. The lowest BCUT2D eigenvalue weighted by Gasteiger charge is -2.42. The monoisotopic (exact) mass is 358 g/mol. The number of ether oxygens (including phenoxy) is 1. The van der Waals surface area contributed by atoms with Gasteiger partial charge >= 0.3 is 0 Å². The van der Waals surface area contributed by atoms with Crippen molar-refractivity contribution >= 4 is 5.91 Å². The average molecular weight is 358 g/mol. The van der Waals surface area contributed by atoms with Gasteiger partial charge in [-0.1, -0.05) is 24.3 Å². The number of aryl methyl sites for hydroxylation is 2. The molecule has 7 nitrogen and oxygen atoms in total. The molecule has 1 atom stereocenters. The Hall–Kier alpha value is -2.25. The first-order valence-electron chi connectivity index (χ1n) is 9.01. The SMILES string of the molecule is Cc1ccccc1CC1(CO)CN(C(=O)CCCn2cncn2)CCO1. The molecule has 2 aromatic rings. The second-order valence-corrected chi connectivity index (χ2v) is 6.87. The van der Waals surface area contributed by atoms with Crippen molar-refractivity contribution in [3.8, 4) is 0 Å². The summed E-state index contributed by atoms with van der Waals surface area (Å²) in [6.45, 7) is 4.05. The molecule has 1 aromatic heterocycles. The van der Waals surface area contributed by atoms with Crippen molar-refractivity contribution in [2.45, 2.75) is 38.3 Å². The Balaban J connectivity index is 1.59. The Bertz CT molecular complexity index is 719. The molecule has 3 rings (SSSR count). The van der Waals surface area contributed by atoms with E-state index in [0.29, 0.717) is 45.5 Å². The molecule has 0 radical (unpaired) electrons. The van der Waals surface area contributed by atoms with Crippen LogP contribution in [0.2, 0.25) is 0 Å². The maximum absolute atomic E-state index is 12.6. The summed E-state index contributed by atoms with van der Waals surface area (Å²) in [6.07, 6.45) is 4.90. The molecule has 1 amide bonds. The quantitative estimate of drug-likeness (QED) is 0.804. The molecule has 1 N–H and O–H groups in total. The van der Waals surface area contributed by atoms with Gasteiger partial charge in [0.25, 0.3) is 0 Å². The summed E-state index contributed by atoms with van der Waals surface area (Å²) in [7, 11) is 0. The van der Waals surface area contributed by atoms with Crippen molar-refractivity contribution in [2.24, 2.45) is 0 Å². The van der Waals surface area contributed by atoms with E-state index in [1.54, 1.807) is 11.0 Å². The number of aliphatic hydroxyl groups is 1. The number of morpholine rings is 1. The Labute approximate surface area is 153 Å². The number of nitrogens with zero attached hydrogens (tertiary/aromatic N) is 4. The Morgan fingerprint density at radius 2 is 2.23 bits per heavy atom. The lowest BCUT2D eigenvalue weighted by Crippen LogP contribution is -2.56. The second-order valence-electron chi connectivity index (χ2n) is 6.87. The molecule has 140 valence electrons. The minimum atomic E-state index is -0.730. The molecule has 1 saturated heterocycles. The zero-order chi connectivity index (χ0) is 18.4. The highest BCUT2D eigenvalue weighted by atomic mass is 16.5. The molecule has 1 aliphatic heterocycles. The van der Waals surface area contributed by atoms with Crippen LogP contribution in [0.15, 0.2) is 36.9 Å². The molecule has 7 heteroatoms. The van der Waals surface area contributed by atoms with Crippen LogP contribution in [0.4, 0.5) is 0 Å². The van der Waals surface area contributed by atoms with Crippen LogP contribution in [0.5, 0.6) is 0 Å². The zero-order valence-corrected chi connectivity index (χ0v) is 15.2. The molecular weight excluding hydrogens is 332 g/mol. The molecule has 0 spiro atoms. The van der Waals surface area contributed by atoms with Crippen LogP contribution in [0, 0.1) is 6.92 Å². The van der Waals surface area contributed by atoms with Crippen molar-refractivity contribution in [3.05, 3.63) is 48.0 Å². The number of benzene rings is 1. The maximum Gasteiger partial charge on any atom is 0.222 e. The number of amides is 1. The molecular formula is C19H26N4O3. The van der Waals surface area contributed by atoms with Crippen LogP contribution >= 0.6 is 0 Å². The molecule has 2 heterocycles. The fourth-order valence-electron chi connectivity index (χ4n) is 3.37. The van der Waals surface area contributed by atoms with E-state index >= 15 is 0 Å². The average Bonchev–Trinajstić information content (AvgIpc) is 3.17. The van der Waals surface area contributed by atoms with Gasteiger partial charge in [-0.3, -0.25) is 9.48 Å². The van der Waals surface area contributed by atoms with Gasteiger partial charge in [0.05, 0.1) is 19.8 Å². The summed E-state index contributed by atoms with van der Waals surface area (Å²) in [5, 5.41) is 14.1. The lowest BCUT2D eigenvalue weighted by molar-refractivity contribution is -0.158. The number of hydrogen-bond acceptors (Lipinski definition) is 5. The third-order valence-corrected chi connectivity index (χ3v) is 4.91. The predicted molar refractivity (Wildman–Crippen MR) is 96.5 cm³/mol. The van der Waals surface area contributed by atoms with E-state index in [1.807, 2.05) is 17.0 Å². The van der Waals surface area contributed by atoms with Gasteiger partial charge in [-0.2, -0.15) is 5.10 Å². The molecule has 1 aromatic carbocycles. The second kappa shape index (κ2) is 8.42. The minimum absolute atomic E-state index is 0.0935. The van der Waals surface area contributed by atoms with Gasteiger partial charge in [0.2, 0.25) is 5.91 Å². The van der Waals surface area contributed by atoms with E-state index in [-0.39, 0.29) is 12.5 Å². The Morgan fingerprint density at radius 1 is 1.38 bits per heavy atom. The van der Waals surface area contributed by atoms with Crippen LogP contribution in [0.1, 0.15) is 24.0 Å². The topological polar surface area (TPSA) is 80.5 Å². The van der Waals surface area contributed by atoms with Crippen molar-refractivity contribution in [2.75, 3.05) is 26.3 Å². The number of hydrogen-bond donors (Lipinski definition) is 1. The number of aromatic nitrogens is 3. The Morgan fingerprint density at radius 3 is 2.96 bits per heavy atom. The highest BCUT2D eigenvalue weighted by Crippen LogP contribution is 2.25. The summed E-state index contributed by atoms with van der Waals surface area (Å²) in [6, 6.07) is 8.09. The largest absolute Gasteiger partial charge is 0.393 e. The smallest absolute Gasteiger partial charge is 0.222 e. The normalized spacial score (nSPS) is 20.3. The molecule has 0 saturated carbocycles. The van der Waals surface area contributed by atoms with E-state index < -0.39 is 5.60 Å². The van der Waals surface area contributed by atoms with Crippen LogP contribution in [0.3, 0.4) is 0 Å². The lowest BCUT2D eigenvalue weighted by atomic mass is 9.91. The first-order chi connectivity index (χ1) is 12.6. The van der Waals surface area contributed by atoms with Crippen molar-refractivity contribution in [1.29, 1.82) is 0 Å². The highest BCUT2D eigenvalue weighted by Gasteiger charge is 2.38. The van der Waals surface area contributed by atoms with Gasteiger partial charge in [0, 0.05) is 25.9 Å². The van der Waals surface area contributed by atoms with Gasteiger partial charge in [-0.15, -0.1) is 0 Å². The van der Waals surface area contributed by atoms with Crippen LogP contribution < -0.4 is 0 Å². The number of carbonyl (C=O) groups is 1. The fraction of sp³-hybridized carbons (Fsp3) is 0.526. The van der Waals surface area contributed by atoms with Crippen molar-refractivity contribution in [1.82, 2.24) is 19.7 Å². The maximum atomic E-state index is 12.6. The summed E-state index contributed by atoms with van der Waals surface area (Å²) < 4.78 is 7.68. The van der Waals surface area contributed by atoms with Gasteiger partial charge in [-0.25, -0.2) is 4.98 Å². The first-order valence-corrected chi connectivity index (χ1v) is 9.01.